The summed E-state index contributed by atoms with van der Waals surface area (Å²) in [7, 11) is 0. The normalized spacial score (nSPS) is 17.5. The Bertz CT molecular complexity index is 1480. The number of fused-ring (bicyclic) bond motifs is 1. The lowest BCUT2D eigenvalue weighted by Crippen LogP contribution is -2.44. The van der Waals surface area contributed by atoms with Crippen molar-refractivity contribution in [3.8, 4) is 0 Å². The van der Waals surface area contributed by atoms with Crippen LogP contribution in [0, 0.1) is 5.92 Å². The fourth-order valence-corrected chi connectivity index (χ4v) is 5.23. The van der Waals surface area contributed by atoms with Crippen LogP contribution < -0.4 is 10.2 Å². The van der Waals surface area contributed by atoms with Crippen molar-refractivity contribution in [3.63, 3.8) is 0 Å². The van der Waals surface area contributed by atoms with Gasteiger partial charge in [0.25, 0.3) is 11.8 Å². The molecule has 3 amide bonds. The van der Waals surface area contributed by atoms with Crippen molar-refractivity contribution in [1.82, 2.24) is 4.90 Å². The summed E-state index contributed by atoms with van der Waals surface area (Å²) in [5.41, 5.74) is 1.18. The highest BCUT2D eigenvalue weighted by Crippen LogP contribution is 2.46. The van der Waals surface area contributed by atoms with Crippen LogP contribution in [0.4, 0.5) is 11.4 Å². The van der Waals surface area contributed by atoms with E-state index in [9.17, 15) is 29.7 Å². The van der Waals surface area contributed by atoms with E-state index in [0.717, 1.165) is 11.1 Å². The molecule has 43 heavy (non-hydrogen) atoms. The molecule has 1 heterocycles. The van der Waals surface area contributed by atoms with Gasteiger partial charge in [-0.1, -0.05) is 73.1 Å². The van der Waals surface area contributed by atoms with Gasteiger partial charge in [-0.3, -0.25) is 14.4 Å². The molecule has 0 fully saturated rings. The summed E-state index contributed by atoms with van der Waals surface area (Å²) in [6, 6.07) is 21.3. The Morgan fingerprint density at radius 1 is 1.05 bits per heavy atom. The van der Waals surface area contributed by atoms with Crippen LogP contribution in [0.1, 0.15) is 37.0 Å². The lowest BCUT2D eigenvalue weighted by atomic mass is 9.83. The van der Waals surface area contributed by atoms with Gasteiger partial charge >= 0.3 is 0 Å². The van der Waals surface area contributed by atoms with E-state index < -0.39 is 29.4 Å². The highest BCUT2D eigenvalue weighted by molar-refractivity contribution is 6.31. The highest BCUT2D eigenvalue weighted by atomic mass is 35.5. The maximum absolute atomic E-state index is 13.8. The zero-order valence-electron chi connectivity index (χ0n) is 24.1. The number of carbonyl (C=O) groups is 3. The van der Waals surface area contributed by atoms with Crippen molar-refractivity contribution in [3.05, 3.63) is 107 Å². The van der Waals surface area contributed by atoms with Gasteiger partial charge in [0.05, 0.1) is 18.8 Å². The third kappa shape index (κ3) is 7.32. The lowest BCUT2D eigenvalue weighted by molar-refractivity contribution is -0.139. The third-order valence-corrected chi connectivity index (χ3v) is 7.72. The van der Waals surface area contributed by atoms with Crippen LogP contribution in [0.15, 0.2) is 84.9 Å². The number of aliphatic hydroxyl groups excluding tert-OH is 2. The average Bonchev–Trinajstić information content (AvgIpc) is 3.20. The molecular weight excluding hydrogens is 570 g/mol. The molecule has 0 aromatic heterocycles. The van der Waals surface area contributed by atoms with Crippen LogP contribution in [0.3, 0.4) is 0 Å². The van der Waals surface area contributed by atoms with Crippen molar-refractivity contribution in [2.24, 2.45) is 5.92 Å². The van der Waals surface area contributed by atoms with Gasteiger partial charge in [0.15, 0.2) is 5.60 Å². The molecule has 3 aromatic rings. The highest BCUT2D eigenvalue weighted by Gasteiger charge is 2.52. The fraction of sp³-hybridized carbons (Fsp3) is 0.303. The van der Waals surface area contributed by atoms with Crippen LogP contribution in [0.25, 0.3) is 0 Å². The number of rotatable bonds is 12. The molecule has 0 aliphatic carbocycles. The number of amides is 3. The van der Waals surface area contributed by atoms with Crippen LogP contribution in [0.5, 0.6) is 0 Å². The second-order valence-corrected chi connectivity index (χ2v) is 11.1. The number of anilines is 2. The van der Waals surface area contributed by atoms with E-state index in [-0.39, 0.29) is 32.0 Å². The summed E-state index contributed by atoms with van der Waals surface area (Å²) >= 11 is 6.29. The Kier molecular flexibility index (Phi) is 10.4. The third-order valence-electron chi connectivity index (χ3n) is 7.49. The minimum Gasteiger partial charge on any atom is -0.395 e. The molecule has 226 valence electrons. The number of carbonyl (C=O) groups excluding carboxylic acids is 3. The van der Waals surface area contributed by atoms with Gasteiger partial charge in [-0.15, -0.1) is 0 Å². The van der Waals surface area contributed by atoms with Crippen molar-refractivity contribution in [2.75, 3.05) is 23.4 Å². The van der Waals surface area contributed by atoms with Gasteiger partial charge in [-0.25, -0.2) is 0 Å². The van der Waals surface area contributed by atoms with Gasteiger partial charge in [0.2, 0.25) is 5.91 Å². The summed E-state index contributed by atoms with van der Waals surface area (Å²) in [6.45, 7) is 3.63. The first kappa shape index (κ1) is 31.9. The molecule has 3 aromatic carbocycles. The number of benzene rings is 3. The molecular formula is C33H36ClN3O6. The topological polar surface area (TPSA) is 130 Å². The molecule has 0 saturated carbocycles. The van der Waals surface area contributed by atoms with E-state index in [4.69, 9.17) is 11.6 Å². The predicted molar refractivity (Wildman–Crippen MR) is 165 cm³/mol. The fourth-order valence-electron chi connectivity index (χ4n) is 5.06. The first-order valence-corrected chi connectivity index (χ1v) is 14.4. The second kappa shape index (κ2) is 14.0. The molecule has 1 aliphatic heterocycles. The average molecular weight is 606 g/mol. The number of hydrogen-bond donors (Lipinski definition) is 4. The maximum atomic E-state index is 13.8. The van der Waals surface area contributed by atoms with Crippen molar-refractivity contribution in [1.29, 1.82) is 0 Å². The van der Waals surface area contributed by atoms with Crippen molar-refractivity contribution in [2.45, 2.75) is 45.1 Å². The monoisotopic (exact) mass is 605 g/mol. The molecule has 0 unspecified atom stereocenters. The molecule has 9 nitrogen and oxygen atoms in total. The molecule has 0 radical (unpaired) electrons. The van der Waals surface area contributed by atoms with Crippen LogP contribution >= 0.6 is 11.6 Å². The second-order valence-electron chi connectivity index (χ2n) is 10.6. The number of nitrogens with one attached hydrogen (secondary N) is 1. The number of hydrogen-bond acceptors (Lipinski definition) is 6. The van der Waals surface area contributed by atoms with Gasteiger partial charge in [0, 0.05) is 41.7 Å². The maximum Gasteiger partial charge on any atom is 0.264 e. The van der Waals surface area contributed by atoms with Gasteiger partial charge in [-0.2, -0.15) is 0 Å². The molecule has 0 spiro atoms. The minimum atomic E-state index is -1.92. The van der Waals surface area contributed by atoms with Crippen LogP contribution in [-0.2, 0) is 33.1 Å². The molecule has 0 saturated heterocycles. The molecule has 3 atom stereocenters. The first-order valence-electron chi connectivity index (χ1n) is 14.1. The molecule has 1 aliphatic rings. The largest absolute Gasteiger partial charge is 0.395 e. The Morgan fingerprint density at radius 2 is 1.74 bits per heavy atom. The number of nitrogens with zero attached hydrogens (tertiary/aromatic N) is 2. The molecule has 4 rings (SSSR count). The first-order chi connectivity index (χ1) is 20.5. The van der Waals surface area contributed by atoms with Crippen molar-refractivity contribution >= 4 is 40.7 Å². The molecule has 4 N–H and O–H groups in total. The quantitative estimate of drug-likeness (QED) is 0.231. The van der Waals surface area contributed by atoms with Gasteiger partial charge < -0.3 is 30.4 Å². The Balaban J connectivity index is 1.50. The van der Waals surface area contributed by atoms with E-state index in [1.165, 1.54) is 11.8 Å². The zero-order valence-corrected chi connectivity index (χ0v) is 24.9. The van der Waals surface area contributed by atoms with Crippen molar-refractivity contribution < 1.29 is 29.7 Å². The standard InChI is InChI=1S/C33H36ClN3O6/c1-22(7-6-10-30(40)36(17-18-38)20-24-8-4-3-5-9-24)33(43)28-19-26(34)13-16-29(28)37(32(33)42)21-25-11-14-27(15-12-25)35-31(41)23(2)39/h3-9,11-16,19,22-23,38-39,43H,10,17-18,20-21H2,1-2H3,(H,35,41)/b7-6+/t22-,23-,33+/m0/s1. The molecule has 10 heteroatoms. The van der Waals surface area contributed by atoms with E-state index >= 15 is 0 Å². The summed E-state index contributed by atoms with van der Waals surface area (Å²) < 4.78 is 0. The summed E-state index contributed by atoms with van der Waals surface area (Å²) in [4.78, 5) is 41.6. The predicted octanol–water partition coefficient (Wildman–Crippen LogP) is 4.00. The molecule has 0 bridgehead atoms. The van der Waals surface area contributed by atoms with E-state index in [2.05, 4.69) is 5.32 Å². The van der Waals surface area contributed by atoms with E-state index in [1.807, 2.05) is 30.3 Å². The van der Waals surface area contributed by atoms with E-state index in [0.29, 0.717) is 28.5 Å². The smallest absolute Gasteiger partial charge is 0.264 e. The lowest BCUT2D eigenvalue weighted by Gasteiger charge is -2.28. The zero-order chi connectivity index (χ0) is 31.1. The van der Waals surface area contributed by atoms with Gasteiger partial charge in [-0.05, 0) is 48.4 Å². The summed E-state index contributed by atoms with van der Waals surface area (Å²) in [6.07, 6.45) is 2.18. The minimum absolute atomic E-state index is 0.0332. The Hall–Kier alpha value is -4.02. The Labute approximate surface area is 256 Å². The Morgan fingerprint density at radius 3 is 2.40 bits per heavy atom. The van der Waals surface area contributed by atoms with E-state index in [1.54, 1.807) is 66.4 Å². The van der Waals surface area contributed by atoms with Crippen LogP contribution in [-0.4, -0.2) is 57.2 Å². The summed E-state index contributed by atoms with van der Waals surface area (Å²) in [5, 5.41) is 33.8. The number of halogens is 1. The SMILES string of the molecule is C[C@H](O)C(=O)Nc1ccc(CN2C(=O)[C@@](O)([C@@H](C)/C=C/CC(=O)N(CCO)Cc3ccccc3)c3cc(Cl)ccc32)cc1. The van der Waals surface area contributed by atoms with Crippen LogP contribution in [0.2, 0.25) is 5.02 Å². The number of aliphatic hydroxyl groups is 3. The van der Waals surface area contributed by atoms with Gasteiger partial charge in [0.1, 0.15) is 6.10 Å². The summed E-state index contributed by atoms with van der Waals surface area (Å²) in [5.74, 6) is -1.94.